The number of benzene rings is 3. The van der Waals surface area contributed by atoms with Crippen LogP contribution in [0.2, 0.25) is 0 Å². The van der Waals surface area contributed by atoms with Crippen LogP contribution in [0.4, 0.5) is 5.69 Å². The maximum absolute atomic E-state index is 14.3. The molecule has 230 valence electrons. The number of ether oxygens (including phenoxy) is 1. The molecule has 0 aliphatic heterocycles. The van der Waals surface area contributed by atoms with E-state index in [2.05, 4.69) is 21.2 Å². The van der Waals surface area contributed by atoms with Crippen LogP contribution in [0.3, 0.4) is 0 Å². The van der Waals surface area contributed by atoms with E-state index in [-0.39, 0.29) is 23.4 Å². The number of halogens is 1. The van der Waals surface area contributed by atoms with Gasteiger partial charge in [0.25, 0.3) is 10.0 Å². The fraction of sp³-hybridized carbons (Fsp3) is 0.394. The Morgan fingerprint density at radius 2 is 1.58 bits per heavy atom. The van der Waals surface area contributed by atoms with E-state index in [4.69, 9.17) is 4.74 Å². The Morgan fingerprint density at radius 3 is 2.16 bits per heavy atom. The predicted octanol–water partition coefficient (Wildman–Crippen LogP) is 6.22. The lowest BCUT2D eigenvalue weighted by atomic mass is 9.95. The van der Waals surface area contributed by atoms with Crippen molar-refractivity contribution in [1.82, 2.24) is 10.2 Å². The Hall–Kier alpha value is -3.37. The first-order chi connectivity index (χ1) is 20.6. The molecule has 8 nitrogen and oxygen atoms in total. The van der Waals surface area contributed by atoms with Crippen molar-refractivity contribution in [3.05, 3.63) is 88.4 Å². The number of aryl methyl sites for hydroxylation is 1. The fourth-order valence-electron chi connectivity index (χ4n) is 5.36. The zero-order chi connectivity index (χ0) is 31.0. The van der Waals surface area contributed by atoms with Gasteiger partial charge in [-0.2, -0.15) is 0 Å². The van der Waals surface area contributed by atoms with Gasteiger partial charge in [-0.3, -0.25) is 13.9 Å². The van der Waals surface area contributed by atoms with Gasteiger partial charge in [-0.05, 0) is 80.3 Å². The van der Waals surface area contributed by atoms with Gasteiger partial charge in [0.15, 0.2) is 0 Å². The number of nitrogens with zero attached hydrogens (tertiary/aromatic N) is 2. The molecule has 1 aliphatic rings. The van der Waals surface area contributed by atoms with Crippen LogP contribution in [0.1, 0.15) is 56.6 Å². The highest BCUT2D eigenvalue weighted by atomic mass is 79.9. The van der Waals surface area contributed by atoms with Gasteiger partial charge in [0.2, 0.25) is 11.8 Å². The molecule has 0 heterocycles. The fourth-order valence-corrected chi connectivity index (χ4v) is 7.04. The average molecular weight is 671 g/mol. The van der Waals surface area contributed by atoms with Gasteiger partial charge in [-0.1, -0.05) is 71.9 Å². The Morgan fingerprint density at radius 1 is 0.953 bits per heavy atom. The molecule has 1 saturated carbocycles. The smallest absolute Gasteiger partial charge is 0.264 e. The Balaban J connectivity index is 1.70. The lowest BCUT2D eigenvalue weighted by molar-refractivity contribution is -0.140. The summed E-state index contributed by atoms with van der Waals surface area (Å²) in [7, 11) is -2.53. The number of rotatable bonds is 12. The maximum Gasteiger partial charge on any atom is 0.264 e. The van der Waals surface area contributed by atoms with Crippen molar-refractivity contribution in [2.45, 2.75) is 75.9 Å². The molecule has 43 heavy (non-hydrogen) atoms. The van der Waals surface area contributed by atoms with Gasteiger partial charge in [0, 0.05) is 17.1 Å². The van der Waals surface area contributed by atoms with Crippen molar-refractivity contribution < 1.29 is 22.7 Å². The normalized spacial score (nSPS) is 14.5. The molecule has 4 rings (SSSR count). The van der Waals surface area contributed by atoms with Crippen molar-refractivity contribution in [3.8, 4) is 5.75 Å². The van der Waals surface area contributed by atoms with Crippen LogP contribution in [0.25, 0.3) is 0 Å². The number of anilines is 1. The summed E-state index contributed by atoms with van der Waals surface area (Å²) in [6.45, 7) is 3.42. The van der Waals surface area contributed by atoms with Crippen LogP contribution in [0, 0.1) is 6.92 Å². The second-order valence-electron chi connectivity index (χ2n) is 10.9. The van der Waals surface area contributed by atoms with Crippen LogP contribution in [-0.2, 0) is 26.2 Å². The number of carbonyl (C=O) groups is 2. The van der Waals surface area contributed by atoms with E-state index in [0.29, 0.717) is 17.9 Å². The predicted molar refractivity (Wildman–Crippen MR) is 172 cm³/mol. The van der Waals surface area contributed by atoms with Gasteiger partial charge >= 0.3 is 0 Å². The molecule has 3 aromatic rings. The van der Waals surface area contributed by atoms with Gasteiger partial charge in [0.05, 0.1) is 17.7 Å². The lowest BCUT2D eigenvalue weighted by Gasteiger charge is -2.34. The van der Waals surface area contributed by atoms with Crippen molar-refractivity contribution in [2.75, 3.05) is 18.0 Å². The minimum Gasteiger partial charge on any atom is -0.497 e. The van der Waals surface area contributed by atoms with Crippen molar-refractivity contribution >= 4 is 43.5 Å². The van der Waals surface area contributed by atoms with E-state index in [1.54, 1.807) is 67.8 Å². The molecule has 0 radical (unpaired) electrons. The third kappa shape index (κ3) is 8.38. The number of methoxy groups -OCH3 is 1. The highest BCUT2D eigenvalue weighted by molar-refractivity contribution is 9.10. The van der Waals surface area contributed by atoms with Crippen LogP contribution in [0.15, 0.2) is 82.2 Å². The highest BCUT2D eigenvalue weighted by Crippen LogP contribution is 2.27. The molecule has 0 bridgehead atoms. The first-order valence-electron chi connectivity index (χ1n) is 14.7. The third-order valence-corrected chi connectivity index (χ3v) is 10.2. The van der Waals surface area contributed by atoms with E-state index in [9.17, 15) is 18.0 Å². The van der Waals surface area contributed by atoms with E-state index < -0.39 is 28.5 Å². The Labute approximate surface area is 263 Å². The molecular weight excluding hydrogens is 630 g/mol. The number of hydrogen-bond donors (Lipinski definition) is 1. The summed E-state index contributed by atoms with van der Waals surface area (Å²) >= 11 is 3.41. The molecule has 3 aromatic carbocycles. The average Bonchev–Trinajstić information content (AvgIpc) is 3.01. The number of hydrogen-bond acceptors (Lipinski definition) is 5. The summed E-state index contributed by atoms with van der Waals surface area (Å²) < 4.78 is 35.2. The minimum absolute atomic E-state index is 0.0782. The van der Waals surface area contributed by atoms with E-state index in [1.165, 1.54) is 4.90 Å². The van der Waals surface area contributed by atoms with Gasteiger partial charge < -0.3 is 15.0 Å². The molecule has 0 aromatic heterocycles. The summed E-state index contributed by atoms with van der Waals surface area (Å²) in [6, 6.07) is 19.9. The molecule has 1 fully saturated rings. The van der Waals surface area contributed by atoms with E-state index in [0.717, 1.165) is 52.0 Å². The van der Waals surface area contributed by atoms with Crippen molar-refractivity contribution in [3.63, 3.8) is 0 Å². The van der Waals surface area contributed by atoms with Gasteiger partial charge in [0.1, 0.15) is 18.3 Å². The molecule has 1 aliphatic carbocycles. The first kappa shape index (κ1) is 32.5. The van der Waals surface area contributed by atoms with E-state index in [1.807, 2.05) is 26.0 Å². The molecule has 0 saturated heterocycles. The van der Waals surface area contributed by atoms with E-state index >= 15 is 0 Å². The zero-order valence-electron chi connectivity index (χ0n) is 25.0. The second kappa shape index (κ2) is 14.9. The van der Waals surface area contributed by atoms with Gasteiger partial charge in [-0.25, -0.2) is 8.42 Å². The highest BCUT2D eigenvalue weighted by Gasteiger charge is 2.34. The molecule has 1 N–H and O–H groups in total. The monoisotopic (exact) mass is 669 g/mol. The van der Waals surface area contributed by atoms with Gasteiger partial charge in [-0.15, -0.1) is 0 Å². The Bertz CT molecular complexity index is 1470. The summed E-state index contributed by atoms with van der Waals surface area (Å²) in [4.78, 5) is 29.5. The van der Waals surface area contributed by atoms with Crippen LogP contribution in [-0.4, -0.2) is 50.9 Å². The lowest BCUT2D eigenvalue weighted by Crippen LogP contribution is -2.54. The number of sulfonamides is 1. The zero-order valence-corrected chi connectivity index (χ0v) is 27.4. The Kier molecular flexibility index (Phi) is 11.3. The first-order valence-corrected chi connectivity index (χ1v) is 16.9. The molecule has 1 atom stereocenters. The van der Waals surface area contributed by atoms with Crippen LogP contribution >= 0.6 is 15.9 Å². The summed E-state index contributed by atoms with van der Waals surface area (Å²) in [5.41, 5.74) is 2.07. The van der Waals surface area contributed by atoms with Crippen molar-refractivity contribution in [2.24, 2.45) is 0 Å². The topological polar surface area (TPSA) is 96.0 Å². The molecule has 0 unspecified atom stereocenters. The number of nitrogens with one attached hydrogen (secondary N) is 1. The third-order valence-electron chi connectivity index (χ3n) is 7.85. The standard InChI is InChI=1S/C33H40BrN3O5S/c1-4-31(33(39)35-27-8-6-5-7-9-27)36(22-25-12-18-29(42-3)19-13-25)32(38)23-37(28-16-14-26(34)15-17-28)43(40,41)30-20-10-24(2)11-21-30/h10-21,27,31H,4-9,22-23H2,1-3H3,(H,35,39)/t31-/m1/s1. The van der Waals surface area contributed by atoms with Crippen molar-refractivity contribution in [1.29, 1.82) is 0 Å². The molecule has 10 heteroatoms. The maximum atomic E-state index is 14.3. The van der Waals surface area contributed by atoms with Crippen LogP contribution < -0.4 is 14.4 Å². The summed E-state index contributed by atoms with van der Waals surface area (Å²) in [5, 5.41) is 3.17. The number of carbonyl (C=O) groups excluding carboxylic acids is 2. The molecule has 0 spiro atoms. The molecule has 2 amide bonds. The summed E-state index contributed by atoms with van der Waals surface area (Å²) in [6.07, 6.45) is 5.50. The quantitative estimate of drug-likeness (QED) is 0.247. The largest absolute Gasteiger partial charge is 0.497 e. The minimum atomic E-state index is -4.12. The van der Waals surface area contributed by atoms with Crippen LogP contribution in [0.5, 0.6) is 5.75 Å². The molecular formula is C33H40BrN3O5S. The second-order valence-corrected chi connectivity index (χ2v) is 13.7. The number of amides is 2. The summed E-state index contributed by atoms with van der Waals surface area (Å²) in [5.74, 6) is -0.0118. The SMILES string of the molecule is CC[C@H](C(=O)NC1CCCCC1)N(Cc1ccc(OC)cc1)C(=O)CN(c1ccc(Br)cc1)S(=O)(=O)c1ccc(C)cc1.